The van der Waals surface area contributed by atoms with E-state index in [1.54, 1.807) is 11.3 Å². The number of ether oxygens (including phenoxy) is 1. The van der Waals surface area contributed by atoms with Gasteiger partial charge in [-0.25, -0.2) is 4.98 Å². The van der Waals surface area contributed by atoms with Gasteiger partial charge in [-0.1, -0.05) is 41.7 Å². The van der Waals surface area contributed by atoms with Crippen molar-refractivity contribution in [3.05, 3.63) is 54.1 Å². The summed E-state index contributed by atoms with van der Waals surface area (Å²) in [5.74, 6) is -0.0939. The fourth-order valence-electron chi connectivity index (χ4n) is 3.11. The summed E-state index contributed by atoms with van der Waals surface area (Å²) >= 11 is 1.64. The fraction of sp³-hybridized carbons (Fsp3) is 0.300. The average Bonchev–Trinajstić information content (AvgIpc) is 3.12. The van der Waals surface area contributed by atoms with Crippen LogP contribution in [0.15, 0.2) is 48.5 Å². The number of hydrogen-bond acceptors (Lipinski definition) is 6. The van der Waals surface area contributed by atoms with Crippen LogP contribution < -0.4 is 16.0 Å². The number of aromatic nitrogens is 1. The van der Waals surface area contributed by atoms with Crippen LogP contribution in [0.4, 0.5) is 10.8 Å². The smallest absolute Gasteiger partial charge is 0.226 e. The van der Waals surface area contributed by atoms with Crippen LogP contribution in [0.25, 0.3) is 10.2 Å². The number of nitrogens with one attached hydrogen (secondary N) is 1. The first-order chi connectivity index (χ1) is 13.2. The third-order valence-electron chi connectivity index (χ3n) is 4.58. The van der Waals surface area contributed by atoms with Crippen LogP contribution >= 0.6 is 36.2 Å². The highest BCUT2D eigenvalue weighted by Crippen LogP contribution is 2.31. The molecule has 2 aromatic carbocycles. The molecule has 0 saturated carbocycles. The van der Waals surface area contributed by atoms with E-state index in [4.69, 9.17) is 15.5 Å². The lowest BCUT2D eigenvalue weighted by molar-refractivity contribution is -0.116. The van der Waals surface area contributed by atoms with Gasteiger partial charge < -0.3 is 20.7 Å². The van der Waals surface area contributed by atoms with E-state index in [0.29, 0.717) is 0 Å². The van der Waals surface area contributed by atoms with Crippen molar-refractivity contribution in [3.8, 4) is 0 Å². The lowest BCUT2D eigenvalue weighted by Crippen LogP contribution is -2.36. The maximum Gasteiger partial charge on any atom is 0.226 e. The molecule has 1 aliphatic rings. The maximum atomic E-state index is 12.4. The molecule has 9 heteroatoms. The van der Waals surface area contributed by atoms with E-state index in [1.165, 1.54) is 0 Å². The molecule has 0 bridgehead atoms. The molecule has 1 fully saturated rings. The molecule has 0 spiro atoms. The van der Waals surface area contributed by atoms with Gasteiger partial charge in [0.1, 0.15) is 0 Å². The van der Waals surface area contributed by atoms with E-state index in [1.807, 2.05) is 48.5 Å². The molecule has 156 valence electrons. The number of fused-ring (bicyclic) bond motifs is 1. The summed E-state index contributed by atoms with van der Waals surface area (Å²) in [6.07, 6.45) is 0.240. The Morgan fingerprint density at radius 3 is 2.62 bits per heavy atom. The van der Waals surface area contributed by atoms with Gasteiger partial charge in [-0.2, -0.15) is 0 Å². The first-order valence-electron chi connectivity index (χ1n) is 9.03. The van der Waals surface area contributed by atoms with Gasteiger partial charge in [-0.3, -0.25) is 4.79 Å². The Bertz CT molecular complexity index is 933. The third-order valence-corrected chi connectivity index (χ3v) is 5.65. The minimum absolute atomic E-state index is 0. The van der Waals surface area contributed by atoms with E-state index in [9.17, 15) is 4.79 Å². The standard InChI is InChI=1S/C20H22N4O2S.2ClH/c21-16(14-4-2-1-3-5-14)13-19(25)22-15-6-7-17-18(12-15)27-20(23-17)24-8-10-26-11-9-24;;/h1-7,12,16H,8-11,13,21H2,(H,22,25);2*1H. The van der Waals surface area contributed by atoms with Crippen molar-refractivity contribution in [2.24, 2.45) is 5.73 Å². The molecular formula is C20H24Cl2N4O2S. The van der Waals surface area contributed by atoms with Crippen LogP contribution in [0.3, 0.4) is 0 Å². The summed E-state index contributed by atoms with van der Waals surface area (Å²) in [6.45, 7) is 3.19. The number of hydrogen-bond donors (Lipinski definition) is 2. The zero-order valence-corrected chi connectivity index (χ0v) is 18.2. The van der Waals surface area contributed by atoms with Crippen molar-refractivity contribution in [3.63, 3.8) is 0 Å². The van der Waals surface area contributed by atoms with Gasteiger partial charge in [-0.15, -0.1) is 24.8 Å². The van der Waals surface area contributed by atoms with E-state index >= 15 is 0 Å². The quantitative estimate of drug-likeness (QED) is 0.608. The molecule has 4 rings (SSSR count). The number of amides is 1. The number of carbonyl (C=O) groups excluding carboxylic acids is 1. The number of benzene rings is 2. The molecule has 2 heterocycles. The molecule has 1 aromatic heterocycles. The Morgan fingerprint density at radius 1 is 1.17 bits per heavy atom. The summed E-state index contributed by atoms with van der Waals surface area (Å²) < 4.78 is 6.46. The summed E-state index contributed by atoms with van der Waals surface area (Å²) in [6, 6.07) is 15.2. The van der Waals surface area contributed by atoms with Crippen LogP contribution in [0.1, 0.15) is 18.0 Å². The minimum Gasteiger partial charge on any atom is -0.378 e. The van der Waals surface area contributed by atoms with Crippen LogP contribution in [0.5, 0.6) is 0 Å². The highest BCUT2D eigenvalue weighted by molar-refractivity contribution is 7.22. The second-order valence-electron chi connectivity index (χ2n) is 6.55. The first kappa shape index (κ1) is 23.4. The second kappa shape index (κ2) is 10.8. The molecular weight excluding hydrogens is 431 g/mol. The van der Waals surface area contributed by atoms with Gasteiger partial charge in [0.15, 0.2) is 5.13 Å². The summed E-state index contributed by atoms with van der Waals surface area (Å²) in [4.78, 5) is 19.3. The van der Waals surface area contributed by atoms with Crippen molar-refractivity contribution in [2.75, 3.05) is 36.5 Å². The number of carbonyl (C=O) groups is 1. The number of nitrogens with two attached hydrogens (primary N) is 1. The van der Waals surface area contributed by atoms with Crippen molar-refractivity contribution in [1.82, 2.24) is 4.98 Å². The molecule has 1 amide bonds. The lowest BCUT2D eigenvalue weighted by atomic mass is 10.0. The molecule has 0 aliphatic carbocycles. The van der Waals surface area contributed by atoms with E-state index < -0.39 is 0 Å². The van der Waals surface area contributed by atoms with Crippen molar-refractivity contribution in [1.29, 1.82) is 0 Å². The lowest BCUT2D eigenvalue weighted by Gasteiger charge is -2.25. The monoisotopic (exact) mass is 454 g/mol. The molecule has 3 aromatic rings. The number of thiazole rings is 1. The largest absolute Gasteiger partial charge is 0.378 e. The summed E-state index contributed by atoms with van der Waals surface area (Å²) in [7, 11) is 0. The van der Waals surface area contributed by atoms with Crippen molar-refractivity contribution < 1.29 is 9.53 Å². The highest BCUT2D eigenvalue weighted by Gasteiger charge is 2.16. The van der Waals surface area contributed by atoms with Crippen molar-refractivity contribution >= 4 is 63.1 Å². The van der Waals surface area contributed by atoms with E-state index in [-0.39, 0.29) is 43.2 Å². The highest BCUT2D eigenvalue weighted by atomic mass is 35.5. The van der Waals surface area contributed by atoms with E-state index in [0.717, 1.165) is 52.9 Å². The number of nitrogens with zero attached hydrogens (tertiary/aromatic N) is 2. The molecule has 1 aliphatic heterocycles. The van der Waals surface area contributed by atoms with Gasteiger partial charge in [0.25, 0.3) is 0 Å². The Kier molecular flexibility index (Phi) is 8.67. The van der Waals surface area contributed by atoms with E-state index in [2.05, 4.69) is 10.2 Å². The Morgan fingerprint density at radius 2 is 1.90 bits per heavy atom. The van der Waals surface area contributed by atoms with Crippen LogP contribution in [0.2, 0.25) is 0 Å². The van der Waals surface area contributed by atoms with Gasteiger partial charge in [0.2, 0.25) is 5.91 Å². The normalized spacial score (nSPS) is 14.6. The zero-order chi connectivity index (χ0) is 18.6. The molecule has 1 atom stereocenters. The molecule has 1 saturated heterocycles. The predicted molar refractivity (Wildman–Crippen MR) is 124 cm³/mol. The minimum atomic E-state index is -0.314. The molecule has 29 heavy (non-hydrogen) atoms. The van der Waals surface area contributed by atoms with Gasteiger partial charge >= 0.3 is 0 Å². The number of morpholine rings is 1. The fourth-order valence-corrected chi connectivity index (χ4v) is 4.17. The predicted octanol–water partition coefficient (Wildman–Crippen LogP) is 4.01. The van der Waals surface area contributed by atoms with Crippen LogP contribution in [-0.2, 0) is 9.53 Å². The van der Waals surface area contributed by atoms with Gasteiger partial charge in [0, 0.05) is 31.2 Å². The maximum absolute atomic E-state index is 12.4. The summed E-state index contributed by atoms with van der Waals surface area (Å²) in [5.41, 5.74) is 8.81. The number of anilines is 2. The molecule has 6 nitrogen and oxygen atoms in total. The zero-order valence-electron chi connectivity index (χ0n) is 15.7. The average molecular weight is 455 g/mol. The number of rotatable bonds is 5. The van der Waals surface area contributed by atoms with Crippen molar-refractivity contribution in [2.45, 2.75) is 12.5 Å². The first-order valence-corrected chi connectivity index (χ1v) is 9.84. The SMILES string of the molecule is Cl.Cl.NC(CC(=O)Nc1ccc2nc(N3CCOCC3)sc2c1)c1ccccc1. The van der Waals surface area contributed by atoms with Gasteiger partial charge in [-0.05, 0) is 23.8 Å². The van der Waals surface area contributed by atoms with Gasteiger partial charge in [0.05, 0.1) is 23.4 Å². The molecule has 3 N–H and O–H groups in total. The number of halogens is 2. The Labute approximate surface area is 186 Å². The van der Waals surface area contributed by atoms with Crippen LogP contribution in [-0.4, -0.2) is 37.2 Å². The Hall–Kier alpha value is -1.90. The second-order valence-corrected chi connectivity index (χ2v) is 7.56. The molecule has 0 radical (unpaired) electrons. The summed E-state index contributed by atoms with van der Waals surface area (Å²) in [5, 5.41) is 3.95. The third kappa shape index (κ3) is 5.81. The molecule has 1 unspecified atom stereocenters. The van der Waals surface area contributed by atoms with Crippen LogP contribution in [0, 0.1) is 0 Å². The topological polar surface area (TPSA) is 80.5 Å². The Balaban J connectivity index is 0.00000150.